The van der Waals surface area contributed by atoms with Gasteiger partial charge < -0.3 is 9.64 Å². The van der Waals surface area contributed by atoms with Crippen molar-refractivity contribution in [2.24, 2.45) is 0 Å². The molecule has 2 fully saturated rings. The van der Waals surface area contributed by atoms with E-state index in [1.807, 2.05) is 51.7 Å². The monoisotopic (exact) mass is 672 g/mol. The molecule has 2 saturated heterocycles. The average molecular weight is 673 g/mol. The summed E-state index contributed by atoms with van der Waals surface area (Å²) in [5.74, 6) is 1.62. The maximum Gasteiger partial charge on any atom is 0.244 e. The number of benzene rings is 4. The molecule has 2 aliphatic heterocycles. The summed E-state index contributed by atoms with van der Waals surface area (Å²) >= 11 is 1.81. The number of hydrogen-bond donors (Lipinski definition) is 1. The van der Waals surface area contributed by atoms with E-state index >= 15 is 0 Å². The number of thioether (sulfide) groups is 1. The molecule has 4 aromatic carbocycles. The van der Waals surface area contributed by atoms with Gasteiger partial charge in [-0.15, -0.1) is 16.9 Å². The molecule has 0 bridgehead atoms. The number of rotatable bonds is 14. The summed E-state index contributed by atoms with van der Waals surface area (Å²) in [6.07, 6.45) is 4.71. The van der Waals surface area contributed by atoms with E-state index in [9.17, 15) is 4.79 Å². The zero-order valence-corrected chi connectivity index (χ0v) is 29.2. The highest BCUT2D eigenvalue weighted by Crippen LogP contribution is 2.57. The van der Waals surface area contributed by atoms with Crippen molar-refractivity contribution in [3.63, 3.8) is 0 Å². The van der Waals surface area contributed by atoms with Gasteiger partial charge in [-0.05, 0) is 65.1 Å². The molecule has 3 unspecified atom stereocenters. The van der Waals surface area contributed by atoms with E-state index < -0.39 is 11.6 Å². The second kappa shape index (κ2) is 14.2. The molecule has 8 nitrogen and oxygen atoms in total. The minimum atomic E-state index is -0.744. The van der Waals surface area contributed by atoms with Gasteiger partial charge in [-0.2, -0.15) is 0 Å². The number of carbonyl (C=O) groups excluding carboxylic acids is 1. The van der Waals surface area contributed by atoms with Crippen molar-refractivity contribution in [3.05, 3.63) is 143 Å². The summed E-state index contributed by atoms with van der Waals surface area (Å²) in [6.45, 7) is 7.83. The van der Waals surface area contributed by atoms with Crippen LogP contribution in [-0.2, 0) is 16.9 Å². The molecule has 1 aromatic heterocycles. The summed E-state index contributed by atoms with van der Waals surface area (Å²) in [6, 6.07) is 38.8. The van der Waals surface area contributed by atoms with Gasteiger partial charge >= 0.3 is 0 Å². The van der Waals surface area contributed by atoms with E-state index in [4.69, 9.17) is 4.74 Å². The maximum atomic E-state index is 14.4. The van der Waals surface area contributed by atoms with Crippen LogP contribution in [0.15, 0.2) is 115 Å². The fraction of sp³-hybridized carbons (Fsp3) is 0.350. The van der Waals surface area contributed by atoms with Gasteiger partial charge in [0, 0.05) is 4.75 Å². The number of β-lactam (4-membered cyclic amide) rings is 1. The van der Waals surface area contributed by atoms with Crippen LogP contribution < -0.4 is 10.1 Å². The zero-order chi connectivity index (χ0) is 33.8. The van der Waals surface area contributed by atoms with Crippen LogP contribution in [0.25, 0.3) is 0 Å². The fourth-order valence-corrected chi connectivity index (χ4v) is 8.94. The number of nitrogens with one attached hydrogen (secondary N) is 1. The second-order valence-corrected chi connectivity index (χ2v) is 15.2. The number of aromatic nitrogens is 4. The van der Waals surface area contributed by atoms with Crippen LogP contribution in [0.1, 0.15) is 80.6 Å². The molecule has 1 N–H and O–H groups in total. The number of carbonyl (C=O) groups is 1. The Hall–Kier alpha value is -4.47. The number of hydrogen-bond acceptors (Lipinski definition) is 7. The third kappa shape index (κ3) is 6.37. The van der Waals surface area contributed by atoms with Crippen molar-refractivity contribution in [1.29, 1.82) is 0 Å². The fourth-order valence-electron chi connectivity index (χ4n) is 7.31. The van der Waals surface area contributed by atoms with Crippen molar-refractivity contribution < 1.29 is 9.53 Å². The first kappa shape index (κ1) is 33.0. The van der Waals surface area contributed by atoms with Crippen LogP contribution in [0.3, 0.4) is 0 Å². The molecule has 0 spiro atoms. The van der Waals surface area contributed by atoms with Gasteiger partial charge in [-0.25, -0.2) is 4.68 Å². The molecule has 0 saturated carbocycles. The van der Waals surface area contributed by atoms with Gasteiger partial charge in [-0.3, -0.25) is 10.1 Å². The lowest BCUT2D eigenvalue weighted by molar-refractivity contribution is -0.150. The lowest BCUT2D eigenvalue weighted by Crippen LogP contribution is -2.70. The number of tetrazole rings is 1. The molecule has 252 valence electrons. The second-order valence-electron chi connectivity index (χ2n) is 13.5. The number of ether oxygens (including phenoxy) is 1. The summed E-state index contributed by atoms with van der Waals surface area (Å²) in [5.41, 5.74) is 3.56. The molecule has 3 atom stereocenters. The number of unbranched alkanes of at least 4 members (excludes halogenated alkanes) is 3. The third-order valence-electron chi connectivity index (χ3n) is 9.76. The Morgan fingerprint density at radius 3 is 1.98 bits per heavy atom. The van der Waals surface area contributed by atoms with E-state index in [2.05, 4.69) is 127 Å². The smallest absolute Gasteiger partial charge is 0.244 e. The summed E-state index contributed by atoms with van der Waals surface area (Å²) < 4.78 is 7.46. The van der Waals surface area contributed by atoms with E-state index in [1.54, 1.807) is 0 Å². The Bertz CT molecular complexity index is 1730. The first-order valence-electron chi connectivity index (χ1n) is 17.3. The van der Waals surface area contributed by atoms with Gasteiger partial charge in [0.25, 0.3) is 0 Å². The zero-order valence-electron chi connectivity index (χ0n) is 28.4. The molecule has 49 heavy (non-hydrogen) atoms. The lowest BCUT2D eigenvalue weighted by Gasteiger charge is -2.49. The van der Waals surface area contributed by atoms with Gasteiger partial charge in [-0.1, -0.05) is 129 Å². The summed E-state index contributed by atoms with van der Waals surface area (Å²) in [7, 11) is 0. The van der Waals surface area contributed by atoms with Crippen molar-refractivity contribution >= 4 is 17.7 Å². The quantitative estimate of drug-likeness (QED) is 0.0750. The molecule has 3 heterocycles. The van der Waals surface area contributed by atoms with Crippen LogP contribution in [0, 0.1) is 0 Å². The van der Waals surface area contributed by atoms with Gasteiger partial charge in [0.2, 0.25) is 5.91 Å². The van der Waals surface area contributed by atoms with E-state index in [0.29, 0.717) is 12.4 Å². The van der Waals surface area contributed by atoms with Gasteiger partial charge in [0.15, 0.2) is 5.82 Å². The minimum absolute atomic E-state index is 0.0511. The van der Waals surface area contributed by atoms with Crippen molar-refractivity contribution in [2.45, 2.75) is 80.7 Å². The Balaban J connectivity index is 1.14. The standard InChI is InChI=1S/C40H44N6O2S/c1-4-5-6-16-27-48-33-25-23-29(24-26-33)28-45-36(42-43-44-45)35-39(2,3)49-38-34(37(47)46(35)38)41-40(30-17-10-7-11-18-30,31-19-12-8-13-20-31)32-21-14-9-15-22-32/h7-15,17-26,34-35,38,41H,4-6,16,27-28H2,1-3H3. The largest absolute Gasteiger partial charge is 0.494 e. The molecular formula is C40H44N6O2S. The van der Waals surface area contributed by atoms with Crippen LogP contribution >= 0.6 is 11.8 Å². The highest BCUT2D eigenvalue weighted by atomic mass is 32.2. The number of fused-ring (bicyclic) bond motifs is 1. The molecule has 9 heteroatoms. The highest BCUT2D eigenvalue weighted by Gasteiger charge is 2.64. The minimum Gasteiger partial charge on any atom is -0.494 e. The Morgan fingerprint density at radius 2 is 1.41 bits per heavy atom. The summed E-state index contributed by atoms with van der Waals surface area (Å²) in [4.78, 5) is 16.4. The van der Waals surface area contributed by atoms with Crippen molar-refractivity contribution in [1.82, 2.24) is 30.4 Å². The Morgan fingerprint density at radius 1 is 0.816 bits per heavy atom. The van der Waals surface area contributed by atoms with Crippen LogP contribution in [-0.4, -0.2) is 53.8 Å². The highest BCUT2D eigenvalue weighted by molar-refractivity contribution is 8.01. The predicted molar refractivity (Wildman–Crippen MR) is 194 cm³/mol. The van der Waals surface area contributed by atoms with E-state index in [1.165, 1.54) is 19.3 Å². The van der Waals surface area contributed by atoms with Crippen molar-refractivity contribution in [3.8, 4) is 5.75 Å². The molecular weight excluding hydrogens is 629 g/mol. The maximum absolute atomic E-state index is 14.4. The SMILES string of the molecule is CCCCCCOc1ccc(Cn2nnnc2C2N3C(=O)C(NC(c4ccccc4)(c4ccccc4)c4ccccc4)C3SC2(C)C)cc1. The van der Waals surface area contributed by atoms with Crippen LogP contribution in [0.4, 0.5) is 0 Å². The first-order chi connectivity index (χ1) is 23.9. The lowest BCUT2D eigenvalue weighted by atomic mass is 9.76. The molecule has 0 radical (unpaired) electrons. The molecule has 1 amide bonds. The van der Waals surface area contributed by atoms with Crippen LogP contribution in [0.2, 0.25) is 0 Å². The molecule has 5 aromatic rings. The van der Waals surface area contributed by atoms with Gasteiger partial charge in [0.05, 0.1) is 18.7 Å². The average Bonchev–Trinajstić information content (AvgIpc) is 3.69. The Labute approximate surface area is 293 Å². The van der Waals surface area contributed by atoms with Crippen LogP contribution in [0.5, 0.6) is 5.75 Å². The number of nitrogens with zero attached hydrogens (tertiary/aromatic N) is 5. The topological polar surface area (TPSA) is 85.2 Å². The molecule has 2 aliphatic rings. The van der Waals surface area contributed by atoms with E-state index in [0.717, 1.165) is 41.0 Å². The predicted octanol–water partition coefficient (Wildman–Crippen LogP) is 7.37. The molecule has 7 rings (SSSR count). The van der Waals surface area contributed by atoms with E-state index in [-0.39, 0.29) is 22.1 Å². The summed E-state index contributed by atoms with van der Waals surface area (Å²) in [5, 5.41) is 16.8. The number of amides is 1. The third-order valence-corrected chi connectivity index (χ3v) is 11.3. The molecule has 0 aliphatic carbocycles. The normalized spacial score (nSPS) is 19.8. The van der Waals surface area contributed by atoms with Gasteiger partial charge in [0.1, 0.15) is 23.2 Å². The first-order valence-corrected chi connectivity index (χ1v) is 18.2. The Kier molecular flexibility index (Phi) is 9.56. The van der Waals surface area contributed by atoms with Crippen molar-refractivity contribution in [2.75, 3.05) is 6.61 Å².